The standard InChI is InChI=1S/C2H5.CH3B.2Y/c2*1-2;;/h1H2,2H3;1H3;;/q-1;;;. The van der Waals surface area contributed by atoms with Crippen LogP contribution in [0.5, 0.6) is 0 Å². The van der Waals surface area contributed by atoms with E-state index in [9.17, 15) is 0 Å². The molecule has 0 aromatic heterocycles. The fourth-order valence-corrected chi connectivity index (χ4v) is 0. The molecule has 0 atom stereocenters. The molecule has 0 saturated carbocycles. The Morgan fingerprint density at radius 2 is 1.00 bits per heavy atom. The number of rotatable bonds is 0. The van der Waals surface area contributed by atoms with Gasteiger partial charge in [-0.15, -0.1) is 0 Å². The average Bonchev–Trinajstić information content (AvgIpc) is 1.50. The van der Waals surface area contributed by atoms with Crippen LogP contribution in [-0.4, -0.2) is 7.85 Å². The van der Waals surface area contributed by atoms with Crippen molar-refractivity contribution < 1.29 is 65.4 Å². The Hall–Kier alpha value is 2.27. The van der Waals surface area contributed by atoms with Gasteiger partial charge in [0.05, 0.1) is 7.85 Å². The third kappa shape index (κ3) is 33.8. The van der Waals surface area contributed by atoms with Crippen LogP contribution < -0.4 is 0 Å². The first-order valence-electron chi connectivity index (χ1n) is 1.28. The smallest absolute Gasteiger partial charge is 0.0606 e. The molecule has 0 rings (SSSR count). The van der Waals surface area contributed by atoms with Gasteiger partial charge in [-0.25, -0.2) is 0 Å². The predicted molar refractivity (Wildman–Crippen MR) is 22.6 cm³/mol. The van der Waals surface area contributed by atoms with Crippen molar-refractivity contribution >= 4 is 7.85 Å². The van der Waals surface area contributed by atoms with Gasteiger partial charge in [-0.2, -0.15) is 6.92 Å². The van der Waals surface area contributed by atoms with E-state index in [2.05, 4.69) is 14.8 Å². The van der Waals surface area contributed by atoms with Gasteiger partial charge in [0.1, 0.15) is 0 Å². The zero-order valence-electron chi connectivity index (χ0n) is 4.44. The topological polar surface area (TPSA) is 0 Å². The summed E-state index contributed by atoms with van der Waals surface area (Å²) in [4.78, 5) is 0. The summed E-state index contributed by atoms with van der Waals surface area (Å²) in [6.07, 6.45) is 0. The van der Waals surface area contributed by atoms with Gasteiger partial charge < -0.3 is 6.92 Å². The fraction of sp³-hybridized carbons (Fsp3) is 0.667. The molecule has 0 N–H and O–H groups in total. The van der Waals surface area contributed by atoms with Crippen LogP contribution in [-0.2, 0) is 65.4 Å². The summed E-state index contributed by atoms with van der Waals surface area (Å²) in [5.41, 5.74) is 0. The molecular formula is C3H8BY2-. The van der Waals surface area contributed by atoms with E-state index in [4.69, 9.17) is 0 Å². The van der Waals surface area contributed by atoms with Gasteiger partial charge in [0.25, 0.3) is 0 Å². The summed E-state index contributed by atoms with van der Waals surface area (Å²) in [6, 6.07) is 0. The van der Waals surface area contributed by atoms with Crippen LogP contribution in [0.1, 0.15) is 6.92 Å². The Morgan fingerprint density at radius 3 is 1.00 bits per heavy atom. The first-order chi connectivity index (χ1) is 2.00. The van der Waals surface area contributed by atoms with Crippen LogP contribution >= 0.6 is 0 Å². The van der Waals surface area contributed by atoms with Crippen LogP contribution in [0, 0.1) is 6.92 Å². The van der Waals surface area contributed by atoms with Crippen molar-refractivity contribution in [3.63, 3.8) is 0 Å². The van der Waals surface area contributed by atoms with E-state index in [0.717, 1.165) is 0 Å². The quantitative estimate of drug-likeness (QED) is 0.433. The van der Waals surface area contributed by atoms with E-state index in [-0.39, 0.29) is 65.4 Å². The largest absolute Gasteiger partial charge is 0.346 e. The Balaban J connectivity index is -0.00000000500. The van der Waals surface area contributed by atoms with E-state index >= 15 is 0 Å². The van der Waals surface area contributed by atoms with E-state index in [1.54, 1.807) is 6.92 Å². The van der Waals surface area contributed by atoms with Gasteiger partial charge in [-0.1, -0.05) is 6.82 Å². The Bertz CT molecular complexity index is 8.75. The van der Waals surface area contributed by atoms with Gasteiger partial charge in [-0.3, -0.25) is 0 Å². The molecule has 30 valence electrons. The van der Waals surface area contributed by atoms with Crippen molar-refractivity contribution in [3.8, 4) is 0 Å². The Morgan fingerprint density at radius 1 is 1.00 bits per heavy atom. The molecule has 0 unspecified atom stereocenters. The van der Waals surface area contributed by atoms with Crippen molar-refractivity contribution in [1.82, 2.24) is 0 Å². The monoisotopic (exact) mass is 233 g/mol. The molecule has 0 amide bonds. The van der Waals surface area contributed by atoms with Gasteiger partial charge in [0.2, 0.25) is 0 Å². The third-order valence-corrected chi connectivity index (χ3v) is 0. The second-order valence-electron chi connectivity index (χ2n) is 0. The Labute approximate surface area is 92.4 Å². The fourth-order valence-electron chi connectivity index (χ4n) is 0. The van der Waals surface area contributed by atoms with Gasteiger partial charge in [0, 0.05) is 65.4 Å². The minimum Gasteiger partial charge on any atom is -0.346 e. The maximum Gasteiger partial charge on any atom is 0.0606 e. The second kappa shape index (κ2) is 55.4. The van der Waals surface area contributed by atoms with Gasteiger partial charge in [-0.05, 0) is 0 Å². The zero-order chi connectivity index (χ0) is 4.00. The molecule has 6 heavy (non-hydrogen) atoms. The summed E-state index contributed by atoms with van der Waals surface area (Å²) < 4.78 is 0. The SMILES string of the molecule is [B]C.[CH2-]C.[Y].[Y]. The normalized spacial score (nSPS) is 1.83. The molecule has 0 spiro atoms. The van der Waals surface area contributed by atoms with Crippen molar-refractivity contribution in [1.29, 1.82) is 0 Å². The van der Waals surface area contributed by atoms with Gasteiger partial charge >= 0.3 is 0 Å². The molecular weight excluding hydrogens is 225 g/mol. The minimum absolute atomic E-state index is 0. The second-order valence-corrected chi connectivity index (χ2v) is 0. The maximum atomic E-state index is 4.50. The zero-order valence-corrected chi connectivity index (χ0v) is 10.1. The summed E-state index contributed by atoms with van der Waals surface area (Å²) >= 11 is 0. The van der Waals surface area contributed by atoms with E-state index in [1.165, 1.54) is 6.82 Å². The molecule has 0 aliphatic rings. The van der Waals surface area contributed by atoms with Crippen molar-refractivity contribution in [2.24, 2.45) is 0 Å². The molecule has 0 saturated heterocycles. The summed E-state index contributed by atoms with van der Waals surface area (Å²) in [7, 11) is 4.50. The van der Waals surface area contributed by atoms with Crippen LogP contribution in [0.2, 0.25) is 6.82 Å². The molecule has 0 fully saturated rings. The van der Waals surface area contributed by atoms with E-state index in [1.807, 2.05) is 0 Å². The molecule has 0 aromatic carbocycles. The summed E-state index contributed by atoms with van der Waals surface area (Å²) in [5, 5.41) is 0. The van der Waals surface area contributed by atoms with Crippen molar-refractivity contribution in [3.05, 3.63) is 6.92 Å². The van der Waals surface area contributed by atoms with E-state index in [0.29, 0.717) is 0 Å². The molecule has 0 nitrogen and oxygen atoms in total. The summed E-state index contributed by atoms with van der Waals surface area (Å²) in [5.74, 6) is 0. The third-order valence-electron chi connectivity index (χ3n) is 0. The summed E-state index contributed by atoms with van der Waals surface area (Å²) in [6.45, 7) is 6.50. The Kier molecular flexibility index (Phi) is 221. The first kappa shape index (κ1) is 24.0. The maximum absolute atomic E-state index is 4.50. The van der Waals surface area contributed by atoms with Crippen LogP contribution in [0.3, 0.4) is 0 Å². The van der Waals surface area contributed by atoms with Crippen LogP contribution in [0.15, 0.2) is 0 Å². The van der Waals surface area contributed by atoms with Crippen LogP contribution in [0.4, 0.5) is 0 Å². The average molecular weight is 233 g/mol. The van der Waals surface area contributed by atoms with Crippen molar-refractivity contribution in [2.45, 2.75) is 13.7 Å². The number of hydrogen-bond acceptors (Lipinski definition) is 0. The van der Waals surface area contributed by atoms with Crippen molar-refractivity contribution in [2.75, 3.05) is 0 Å². The molecule has 0 aliphatic heterocycles. The van der Waals surface area contributed by atoms with Crippen LogP contribution in [0.25, 0.3) is 0 Å². The molecule has 4 radical (unpaired) electrons. The molecule has 3 heteroatoms. The molecule has 0 aliphatic carbocycles. The van der Waals surface area contributed by atoms with E-state index < -0.39 is 0 Å². The molecule has 0 heterocycles. The number of hydrogen-bond donors (Lipinski definition) is 0. The minimum atomic E-state index is 0. The molecule has 0 aromatic rings. The van der Waals surface area contributed by atoms with Gasteiger partial charge in [0.15, 0.2) is 0 Å². The first-order valence-corrected chi connectivity index (χ1v) is 1.28. The molecule has 0 bridgehead atoms. The predicted octanol–water partition coefficient (Wildman–Crippen LogP) is 1.04.